The molecule has 3 rings (SSSR count). The van der Waals surface area contributed by atoms with Crippen molar-refractivity contribution in [3.8, 4) is 0 Å². The number of likely N-dealkylation sites (N-methyl/N-ethyl adjacent to an activating group) is 1. The Balaban J connectivity index is 1.47. The summed E-state index contributed by atoms with van der Waals surface area (Å²) in [5.41, 5.74) is 1.74. The average Bonchev–Trinajstić information content (AvgIpc) is 3.15. The van der Waals surface area contributed by atoms with E-state index in [9.17, 15) is 9.59 Å². The number of rotatable bonds is 7. The van der Waals surface area contributed by atoms with Crippen LogP contribution in [0.5, 0.6) is 0 Å². The van der Waals surface area contributed by atoms with Crippen LogP contribution in [0.15, 0.2) is 18.2 Å². The van der Waals surface area contributed by atoms with Crippen LogP contribution in [0.1, 0.15) is 12.2 Å². The van der Waals surface area contributed by atoms with Crippen molar-refractivity contribution in [2.75, 3.05) is 40.3 Å². The quantitative estimate of drug-likeness (QED) is 0.761. The summed E-state index contributed by atoms with van der Waals surface area (Å²) in [5, 5.41) is 3.58. The molecule has 2 aromatic rings. The minimum Gasteiger partial charge on any atom is -0.355 e. The summed E-state index contributed by atoms with van der Waals surface area (Å²) >= 11 is 5.97. The minimum absolute atomic E-state index is 0.0566. The fourth-order valence-electron chi connectivity index (χ4n) is 3.09. The normalized spacial score (nSPS) is 17.5. The molecule has 26 heavy (non-hydrogen) atoms. The van der Waals surface area contributed by atoms with Gasteiger partial charge in [-0.25, -0.2) is 4.98 Å². The SMILES string of the molecule is CN(C)CCN1CC(C(=O)NCCc2nc3ccc(Cl)cc3[nH]2)CC1=O. The third kappa shape index (κ3) is 4.53. The lowest BCUT2D eigenvalue weighted by Gasteiger charge is -2.19. The third-order valence-corrected chi connectivity index (χ3v) is 4.79. The standard InChI is InChI=1S/C18H24ClN5O2/c1-23(2)7-8-24-11-12(9-17(24)25)18(26)20-6-5-16-21-14-4-3-13(19)10-15(14)22-16/h3-4,10,12H,5-9,11H2,1-2H3,(H,20,26)(H,21,22). The van der Waals surface area contributed by atoms with Crippen LogP contribution >= 0.6 is 11.6 Å². The first-order chi connectivity index (χ1) is 12.4. The van der Waals surface area contributed by atoms with Crippen molar-refractivity contribution in [1.29, 1.82) is 0 Å². The lowest BCUT2D eigenvalue weighted by atomic mass is 10.1. The van der Waals surface area contributed by atoms with E-state index in [4.69, 9.17) is 11.6 Å². The summed E-state index contributed by atoms with van der Waals surface area (Å²) < 4.78 is 0. The van der Waals surface area contributed by atoms with E-state index in [2.05, 4.69) is 15.3 Å². The highest BCUT2D eigenvalue weighted by molar-refractivity contribution is 6.31. The number of aromatic nitrogens is 2. The predicted octanol–water partition coefficient (Wildman–Crippen LogP) is 1.29. The second kappa shape index (κ2) is 8.05. The van der Waals surface area contributed by atoms with E-state index in [1.54, 1.807) is 11.0 Å². The lowest BCUT2D eigenvalue weighted by Crippen LogP contribution is -2.36. The number of fused-ring (bicyclic) bond motifs is 1. The number of hydrogen-bond donors (Lipinski definition) is 2. The average molecular weight is 378 g/mol. The largest absolute Gasteiger partial charge is 0.355 e. The Bertz CT molecular complexity index is 804. The summed E-state index contributed by atoms with van der Waals surface area (Å²) in [7, 11) is 3.94. The maximum absolute atomic E-state index is 12.3. The number of amides is 2. The van der Waals surface area contributed by atoms with E-state index in [1.807, 2.05) is 31.1 Å². The van der Waals surface area contributed by atoms with E-state index < -0.39 is 0 Å². The van der Waals surface area contributed by atoms with Crippen LogP contribution in [0.2, 0.25) is 5.02 Å². The van der Waals surface area contributed by atoms with E-state index in [0.717, 1.165) is 23.4 Å². The fourth-order valence-corrected chi connectivity index (χ4v) is 3.26. The number of aromatic amines is 1. The molecule has 0 radical (unpaired) electrons. The minimum atomic E-state index is -0.265. The van der Waals surface area contributed by atoms with Crippen molar-refractivity contribution in [1.82, 2.24) is 25.1 Å². The first-order valence-electron chi connectivity index (χ1n) is 8.77. The second-order valence-corrected chi connectivity index (χ2v) is 7.37. The van der Waals surface area contributed by atoms with Gasteiger partial charge in [0.1, 0.15) is 5.82 Å². The van der Waals surface area contributed by atoms with Gasteiger partial charge in [0.15, 0.2) is 0 Å². The number of carbonyl (C=O) groups is 2. The lowest BCUT2D eigenvalue weighted by molar-refractivity contribution is -0.129. The number of carbonyl (C=O) groups excluding carboxylic acids is 2. The highest BCUT2D eigenvalue weighted by atomic mass is 35.5. The van der Waals surface area contributed by atoms with Gasteiger partial charge in [-0.1, -0.05) is 11.6 Å². The number of nitrogens with zero attached hydrogens (tertiary/aromatic N) is 3. The smallest absolute Gasteiger partial charge is 0.225 e. The molecule has 2 amide bonds. The Labute approximate surface area is 157 Å². The Kier molecular flexibility index (Phi) is 5.78. The number of hydrogen-bond acceptors (Lipinski definition) is 4. The zero-order chi connectivity index (χ0) is 18.7. The highest BCUT2D eigenvalue weighted by Gasteiger charge is 2.33. The first-order valence-corrected chi connectivity index (χ1v) is 9.14. The predicted molar refractivity (Wildman–Crippen MR) is 101 cm³/mol. The van der Waals surface area contributed by atoms with Crippen molar-refractivity contribution in [2.24, 2.45) is 5.92 Å². The molecule has 0 spiro atoms. The van der Waals surface area contributed by atoms with Gasteiger partial charge in [0, 0.05) is 44.0 Å². The Hall–Kier alpha value is -2.12. The van der Waals surface area contributed by atoms with Crippen LogP contribution in [-0.2, 0) is 16.0 Å². The Morgan fingerprint density at radius 2 is 2.27 bits per heavy atom. The van der Waals surface area contributed by atoms with Crippen LogP contribution in [0, 0.1) is 5.92 Å². The molecule has 2 heterocycles. The summed E-state index contributed by atoms with van der Waals surface area (Å²) in [6.07, 6.45) is 0.894. The number of halogens is 1. The van der Waals surface area contributed by atoms with Crippen molar-refractivity contribution < 1.29 is 9.59 Å². The van der Waals surface area contributed by atoms with Crippen LogP contribution in [0.4, 0.5) is 0 Å². The number of imidazole rings is 1. The molecule has 0 bridgehead atoms. The van der Waals surface area contributed by atoms with Crippen molar-refractivity contribution >= 4 is 34.4 Å². The fraction of sp³-hybridized carbons (Fsp3) is 0.500. The van der Waals surface area contributed by atoms with E-state index >= 15 is 0 Å². The van der Waals surface area contributed by atoms with Gasteiger partial charge < -0.3 is 20.1 Å². The summed E-state index contributed by atoms with van der Waals surface area (Å²) in [5.74, 6) is 0.530. The van der Waals surface area contributed by atoms with Gasteiger partial charge in [-0.15, -0.1) is 0 Å². The molecule has 1 unspecified atom stereocenters. The highest BCUT2D eigenvalue weighted by Crippen LogP contribution is 2.18. The third-order valence-electron chi connectivity index (χ3n) is 4.56. The molecule has 0 saturated carbocycles. The van der Waals surface area contributed by atoms with Gasteiger partial charge in [0.2, 0.25) is 11.8 Å². The Morgan fingerprint density at radius 1 is 1.46 bits per heavy atom. The molecule has 1 saturated heterocycles. The number of nitrogens with one attached hydrogen (secondary N) is 2. The van der Waals surface area contributed by atoms with Gasteiger partial charge in [-0.05, 0) is 32.3 Å². The van der Waals surface area contributed by atoms with Crippen LogP contribution in [0.25, 0.3) is 11.0 Å². The van der Waals surface area contributed by atoms with Gasteiger partial charge >= 0.3 is 0 Å². The molecular weight excluding hydrogens is 354 g/mol. The molecular formula is C18H24ClN5O2. The van der Waals surface area contributed by atoms with Crippen LogP contribution in [-0.4, -0.2) is 71.9 Å². The zero-order valence-corrected chi connectivity index (χ0v) is 15.8. The number of H-pyrrole nitrogens is 1. The molecule has 2 N–H and O–H groups in total. The molecule has 140 valence electrons. The summed E-state index contributed by atoms with van der Waals surface area (Å²) in [6, 6.07) is 5.50. The molecule has 1 aliphatic heterocycles. The van der Waals surface area contributed by atoms with E-state index in [-0.39, 0.29) is 17.7 Å². The summed E-state index contributed by atoms with van der Waals surface area (Å²) in [6.45, 7) is 2.45. The number of benzene rings is 1. The van der Waals surface area contributed by atoms with Gasteiger partial charge in [-0.2, -0.15) is 0 Å². The Morgan fingerprint density at radius 3 is 3.04 bits per heavy atom. The topological polar surface area (TPSA) is 81.3 Å². The molecule has 7 nitrogen and oxygen atoms in total. The molecule has 1 fully saturated rings. The molecule has 1 aromatic carbocycles. The maximum atomic E-state index is 12.3. The zero-order valence-electron chi connectivity index (χ0n) is 15.1. The van der Waals surface area contributed by atoms with Crippen LogP contribution < -0.4 is 5.32 Å². The molecule has 1 atom stereocenters. The number of likely N-dealkylation sites (tertiary alicyclic amines) is 1. The second-order valence-electron chi connectivity index (χ2n) is 6.93. The van der Waals surface area contributed by atoms with Gasteiger partial charge in [-0.3, -0.25) is 9.59 Å². The monoisotopic (exact) mass is 377 g/mol. The van der Waals surface area contributed by atoms with Crippen molar-refractivity contribution in [2.45, 2.75) is 12.8 Å². The molecule has 1 aliphatic rings. The summed E-state index contributed by atoms with van der Waals surface area (Å²) in [4.78, 5) is 35.8. The van der Waals surface area contributed by atoms with Gasteiger partial charge in [0.05, 0.1) is 17.0 Å². The van der Waals surface area contributed by atoms with Crippen LogP contribution in [0.3, 0.4) is 0 Å². The van der Waals surface area contributed by atoms with Crippen molar-refractivity contribution in [3.63, 3.8) is 0 Å². The van der Waals surface area contributed by atoms with E-state index in [0.29, 0.717) is 37.5 Å². The molecule has 0 aliphatic carbocycles. The molecule has 1 aromatic heterocycles. The first kappa shape index (κ1) is 18.7. The van der Waals surface area contributed by atoms with Gasteiger partial charge in [0.25, 0.3) is 0 Å². The maximum Gasteiger partial charge on any atom is 0.225 e. The van der Waals surface area contributed by atoms with E-state index in [1.165, 1.54) is 0 Å². The van der Waals surface area contributed by atoms with Crippen molar-refractivity contribution in [3.05, 3.63) is 29.0 Å². The molecule has 8 heteroatoms.